The first-order chi connectivity index (χ1) is 8.99. The van der Waals surface area contributed by atoms with Gasteiger partial charge in [-0.2, -0.15) is 0 Å². The summed E-state index contributed by atoms with van der Waals surface area (Å²) in [5.41, 5.74) is 0.903. The van der Waals surface area contributed by atoms with E-state index in [0.717, 1.165) is 46.9 Å². The van der Waals surface area contributed by atoms with Gasteiger partial charge in [-0.05, 0) is 24.7 Å². The average molecular weight is 278 g/mol. The summed E-state index contributed by atoms with van der Waals surface area (Å²) in [6.45, 7) is 8.65. The number of hydrogen-bond donors (Lipinski definition) is 0. The molecule has 1 aromatic heterocycles. The summed E-state index contributed by atoms with van der Waals surface area (Å²) in [5, 5.41) is 1.06. The van der Waals surface area contributed by atoms with E-state index in [1.54, 1.807) is 11.3 Å². The lowest BCUT2D eigenvalue weighted by molar-refractivity contribution is 0.112. The fraction of sp³-hybridized carbons (Fsp3) is 0.733. The summed E-state index contributed by atoms with van der Waals surface area (Å²) in [7, 11) is 0. The van der Waals surface area contributed by atoms with Gasteiger partial charge in [0, 0.05) is 18.5 Å². The largest absolute Gasteiger partial charge is 0.347 e. The Hall–Kier alpha value is -0.900. The van der Waals surface area contributed by atoms with E-state index in [4.69, 9.17) is 4.98 Å². The molecule has 2 heterocycles. The molecule has 4 heteroatoms. The highest BCUT2D eigenvalue weighted by molar-refractivity contribution is 7.17. The van der Waals surface area contributed by atoms with Crippen LogP contribution in [-0.2, 0) is 5.41 Å². The summed E-state index contributed by atoms with van der Waals surface area (Å²) in [5.74, 6) is 1.73. The van der Waals surface area contributed by atoms with Gasteiger partial charge in [0.25, 0.3) is 0 Å². The number of nitrogens with zero attached hydrogens (tertiary/aromatic N) is 2. The Kier molecular flexibility index (Phi) is 3.16. The molecule has 2 atom stereocenters. The molecule has 0 N–H and O–H groups in total. The molecule has 1 aliphatic heterocycles. The minimum Gasteiger partial charge on any atom is -0.347 e. The van der Waals surface area contributed by atoms with Crippen LogP contribution in [0.4, 0.5) is 5.13 Å². The van der Waals surface area contributed by atoms with Crippen LogP contribution in [0.25, 0.3) is 0 Å². The maximum atomic E-state index is 11.3. The van der Waals surface area contributed by atoms with E-state index in [0.29, 0.717) is 0 Å². The summed E-state index contributed by atoms with van der Waals surface area (Å²) in [6, 6.07) is 0. The van der Waals surface area contributed by atoms with Crippen molar-refractivity contribution in [3.63, 3.8) is 0 Å². The van der Waals surface area contributed by atoms with Crippen LogP contribution < -0.4 is 4.90 Å². The average Bonchev–Trinajstić information content (AvgIpc) is 3.00. The Morgan fingerprint density at radius 1 is 1.26 bits per heavy atom. The number of anilines is 1. The van der Waals surface area contributed by atoms with Crippen LogP contribution >= 0.6 is 11.3 Å². The molecule has 1 saturated carbocycles. The van der Waals surface area contributed by atoms with Gasteiger partial charge in [0.1, 0.15) is 0 Å². The van der Waals surface area contributed by atoms with Crippen molar-refractivity contribution in [2.75, 3.05) is 18.0 Å². The van der Waals surface area contributed by atoms with Crippen LogP contribution in [-0.4, -0.2) is 24.4 Å². The molecule has 1 aromatic rings. The first-order valence-electron chi connectivity index (χ1n) is 7.20. The topological polar surface area (TPSA) is 33.2 Å². The third-order valence-electron chi connectivity index (χ3n) is 4.46. The van der Waals surface area contributed by atoms with Gasteiger partial charge in [-0.25, -0.2) is 4.98 Å². The number of hydrogen-bond acceptors (Lipinski definition) is 4. The second-order valence-corrected chi connectivity index (χ2v) is 7.94. The van der Waals surface area contributed by atoms with Gasteiger partial charge >= 0.3 is 0 Å². The summed E-state index contributed by atoms with van der Waals surface area (Å²) in [6.07, 6.45) is 5.12. The van der Waals surface area contributed by atoms with E-state index in [-0.39, 0.29) is 5.41 Å². The SMILES string of the molecule is CC(C)(C)c1nc(N2CC3CCCC3C2)sc1C=O. The van der Waals surface area contributed by atoms with E-state index < -0.39 is 0 Å². The third kappa shape index (κ3) is 2.31. The van der Waals surface area contributed by atoms with E-state index >= 15 is 0 Å². The fourth-order valence-electron chi connectivity index (χ4n) is 3.46. The summed E-state index contributed by atoms with van der Waals surface area (Å²) < 4.78 is 0. The Bertz CT molecular complexity index is 477. The number of carbonyl (C=O) groups excluding carboxylic acids is 1. The lowest BCUT2D eigenvalue weighted by Gasteiger charge is -2.17. The van der Waals surface area contributed by atoms with Crippen LogP contribution in [0.2, 0.25) is 0 Å². The Balaban J connectivity index is 1.86. The van der Waals surface area contributed by atoms with E-state index in [1.807, 2.05) is 0 Å². The third-order valence-corrected chi connectivity index (χ3v) is 5.50. The number of aldehydes is 1. The molecule has 1 saturated heterocycles. The first-order valence-corrected chi connectivity index (χ1v) is 8.02. The maximum absolute atomic E-state index is 11.3. The Morgan fingerprint density at radius 2 is 1.89 bits per heavy atom. The predicted octanol–water partition coefficient (Wildman–Crippen LogP) is 3.49. The summed E-state index contributed by atoms with van der Waals surface area (Å²) >= 11 is 1.57. The molecule has 2 fully saturated rings. The van der Waals surface area contributed by atoms with Gasteiger partial charge < -0.3 is 4.90 Å². The van der Waals surface area contributed by atoms with Crippen molar-refractivity contribution in [1.82, 2.24) is 4.98 Å². The zero-order chi connectivity index (χ0) is 13.6. The Labute approximate surface area is 119 Å². The van der Waals surface area contributed by atoms with Crippen molar-refractivity contribution < 1.29 is 4.79 Å². The van der Waals surface area contributed by atoms with Crippen LogP contribution in [0.15, 0.2) is 0 Å². The lowest BCUT2D eigenvalue weighted by atomic mass is 9.91. The van der Waals surface area contributed by atoms with Crippen molar-refractivity contribution >= 4 is 22.8 Å². The second kappa shape index (κ2) is 4.58. The number of carbonyl (C=O) groups is 1. The molecule has 104 valence electrons. The smallest absolute Gasteiger partial charge is 0.186 e. The number of thiazole rings is 1. The van der Waals surface area contributed by atoms with E-state index in [2.05, 4.69) is 25.7 Å². The molecule has 19 heavy (non-hydrogen) atoms. The van der Waals surface area contributed by atoms with E-state index in [1.165, 1.54) is 19.3 Å². The van der Waals surface area contributed by atoms with Crippen molar-refractivity contribution in [2.45, 2.75) is 45.4 Å². The molecule has 0 spiro atoms. The molecule has 0 radical (unpaired) electrons. The van der Waals surface area contributed by atoms with Gasteiger partial charge in [-0.15, -0.1) is 0 Å². The van der Waals surface area contributed by atoms with Gasteiger partial charge in [-0.1, -0.05) is 38.5 Å². The first kappa shape index (κ1) is 13.1. The van der Waals surface area contributed by atoms with Crippen molar-refractivity contribution in [1.29, 1.82) is 0 Å². The number of aromatic nitrogens is 1. The minimum absolute atomic E-state index is 0.0550. The van der Waals surface area contributed by atoms with E-state index in [9.17, 15) is 4.79 Å². The van der Waals surface area contributed by atoms with Crippen molar-refractivity contribution in [3.05, 3.63) is 10.6 Å². The van der Waals surface area contributed by atoms with Crippen molar-refractivity contribution in [3.8, 4) is 0 Å². The zero-order valence-corrected chi connectivity index (χ0v) is 12.8. The fourth-order valence-corrected chi connectivity index (χ4v) is 4.57. The molecule has 2 unspecified atom stereocenters. The highest BCUT2D eigenvalue weighted by atomic mass is 32.1. The Morgan fingerprint density at radius 3 is 2.37 bits per heavy atom. The molecule has 3 rings (SSSR count). The van der Waals surface area contributed by atoms with Gasteiger partial charge in [0.15, 0.2) is 11.4 Å². The number of fused-ring (bicyclic) bond motifs is 1. The monoisotopic (exact) mass is 278 g/mol. The molecule has 0 amide bonds. The number of rotatable bonds is 2. The standard InChI is InChI=1S/C15H22N2OS/c1-15(2,3)13-12(9-18)19-14(16-13)17-7-10-5-4-6-11(10)8-17/h9-11H,4-8H2,1-3H3. The molecule has 2 aliphatic rings. The van der Waals surface area contributed by atoms with Crippen LogP contribution in [0.5, 0.6) is 0 Å². The molecule has 0 aromatic carbocycles. The van der Waals surface area contributed by atoms with Gasteiger partial charge in [-0.3, -0.25) is 4.79 Å². The zero-order valence-electron chi connectivity index (χ0n) is 12.0. The quantitative estimate of drug-likeness (QED) is 0.776. The van der Waals surface area contributed by atoms with Crippen LogP contribution in [0.1, 0.15) is 55.4 Å². The minimum atomic E-state index is -0.0550. The second-order valence-electron chi connectivity index (χ2n) is 6.93. The highest BCUT2D eigenvalue weighted by Gasteiger charge is 2.37. The molecular weight excluding hydrogens is 256 g/mol. The van der Waals surface area contributed by atoms with Gasteiger partial charge in [0.05, 0.1) is 10.6 Å². The van der Waals surface area contributed by atoms with Crippen molar-refractivity contribution in [2.24, 2.45) is 11.8 Å². The molecule has 0 bridgehead atoms. The van der Waals surface area contributed by atoms with Crippen LogP contribution in [0.3, 0.4) is 0 Å². The highest BCUT2D eigenvalue weighted by Crippen LogP contribution is 2.41. The predicted molar refractivity (Wildman–Crippen MR) is 79.2 cm³/mol. The summed E-state index contributed by atoms with van der Waals surface area (Å²) in [4.78, 5) is 19.2. The molecule has 3 nitrogen and oxygen atoms in total. The maximum Gasteiger partial charge on any atom is 0.186 e. The van der Waals surface area contributed by atoms with Crippen LogP contribution in [0, 0.1) is 11.8 Å². The lowest BCUT2D eigenvalue weighted by Crippen LogP contribution is -2.21. The normalized spacial score (nSPS) is 26.8. The molecule has 1 aliphatic carbocycles. The molecular formula is C15H22N2OS. The van der Waals surface area contributed by atoms with Gasteiger partial charge in [0.2, 0.25) is 0 Å².